The molecule has 0 bridgehead atoms. The second kappa shape index (κ2) is 17.9. The number of benzene rings is 3. The van der Waals surface area contributed by atoms with E-state index < -0.39 is 12.0 Å². The lowest BCUT2D eigenvalue weighted by atomic mass is 9.84. The lowest BCUT2D eigenvalue weighted by Crippen LogP contribution is -2.49. The van der Waals surface area contributed by atoms with Crippen LogP contribution in [0.3, 0.4) is 0 Å². The van der Waals surface area contributed by atoms with Gasteiger partial charge in [0, 0.05) is 48.1 Å². The molecule has 4 heterocycles. The highest BCUT2D eigenvalue weighted by Gasteiger charge is 2.33. The fourth-order valence-electron chi connectivity index (χ4n) is 8.73. The van der Waals surface area contributed by atoms with Crippen molar-refractivity contribution in [2.24, 2.45) is 5.92 Å². The third kappa shape index (κ3) is 9.10. The number of halogens is 1. The van der Waals surface area contributed by atoms with Gasteiger partial charge < -0.3 is 19.3 Å². The van der Waals surface area contributed by atoms with E-state index >= 15 is 0 Å². The largest absolute Gasteiger partial charge is 0.493 e. The van der Waals surface area contributed by atoms with E-state index in [4.69, 9.17) is 25.8 Å². The van der Waals surface area contributed by atoms with E-state index in [0.29, 0.717) is 53.6 Å². The maximum atomic E-state index is 12.1. The first kappa shape index (κ1) is 38.6. The van der Waals surface area contributed by atoms with Gasteiger partial charge in [0.2, 0.25) is 0 Å². The highest BCUT2D eigenvalue weighted by Crippen LogP contribution is 2.38. The molecule has 55 heavy (non-hydrogen) atoms. The Kier molecular flexibility index (Phi) is 12.6. The van der Waals surface area contributed by atoms with Crippen molar-refractivity contribution in [2.45, 2.75) is 97.1 Å². The molecule has 1 aromatic heterocycles. The minimum absolute atomic E-state index is 0.169. The summed E-state index contributed by atoms with van der Waals surface area (Å²) in [7, 11) is 0. The van der Waals surface area contributed by atoms with Crippen LogP contribution in [-0.2, 0) is 24.6 Å². The van der Waals surface area contributed by atoms with Gasteiger partial charge in [-0.2, -0.15) is 5.26 Å². The summed E-state index contributed by atoms with van der Waals surface area (Å²) >= 11 is 6.89. The van der Waals surface area contributed by atoms with Crippen LogP contribution in [0.15, 0.2) is 67.0 Å². The third-order valence-corrected chi connectivity index (χ3v) is 12.1. The maximum absolute atomic E-state index is 12.1. The molecule has 1 N–H and O–H groups in total. The van der Waals surface area contributed by atoms with E-state index in [1.54, 1.807) is 18.3 Å². The topological polar surface area (TPSA) is 108 Å². The molecule has 3 atom stereocenters. The summed E-state index contributed by atoms with van der Waals surface area (Å²) in [4.78, 5) is 20.9. The van der Waals surface area contributed by atoms with E-state index in [1.807, 2.05) is 11.0 Å². The number of hydrogen-bond acceptors (Lipinski definition) is 8. The Labute approximate surface area is 329 Å². The minimum Gasteiger partial charge on any atom is -0.493 e. The van der Waals surface area contributed by atoms with Gasteiger partial charge in [0.05, 0.1) is 17.2 Å². The van der Waals surface area contributed by atoms with Gasteiger partial charge in [0.1, 0.15) is 42.6 Å². The van der Waals surface area contributed by atoms with Crippen molar-refractivity contribution in [1.29, 1.82) is 5.26 Å². The van der Waals surface area contributed by atoms with Crippen LogP contribution in [-0.4, -0.2) is 64.2 Å². The van der Waals surface area contributed by atoms with Crippen molar-refractivity contribution in [2.75, 3.05) is 26.2 Å². The van der Waals surface area contributed by atoms with Crippen molar-refractivity contribution in [3.8, 4) is 34.4 Å². The minimum atomic E-state index is -0.824. The molecule has 288 valence electrons. The highest BCUT2D eigenvalue weighted by atomic mass is 35.5. The van der Waals surface area contributed by atoms with Gasteiger partial charge in [-0.05, 0) is 118 Å². The molecular weight excluding hydrogens is 712 g/mol. The summed E-state index contributed by atoms with van der Waals surface area (Å²) in [6.45, 7) is 8.98. The van der Waals surface area contributed by atoms with Crippen molar-refractivity contribution in [3.05, 3.63) is 105 Å². The average Bonchev–Trinajstić information content (AvgIpc) is 3.20. The van der Waals surface area contributed by atoms with Crippen molar-refractivity contribution >= 4 is 17.6 Å². The number of aromatic nitrogens is 1. The summed E-state index contributed by atoms with van der Waals surface area (Å²) in [5.41, 5.74) is 7.51. The first-order valence-electron chi connectivity index (χ1n) is 19.7. The van der Waals surface area contributed by atoms with Crippen LogP contribution in [0.4, 0.5) is 0 Å². The van der Waals surface area contributed by atoms with Crippen LogP contribution < -0.4 is 14.2 Å². The van der Waals surface area contributed by atoms with Crippen LogP contribution in [0.1, 0.15) is 84.7 Å². The van der Waals surface area contributed by atoms with Gasteiger partial charge in [-0.25, -0.2) is 0 Å². The van der Waals surface area contributed by atoms with E-state index in [1.165, 1.54) is 51.4 Å². The first-order chi connectivity index (χ1) is 26.8. The van der Waals surface area contributed by atoms with Gasteiger partial charge in [-0.15, -0.1) is 0 Å². The molecule has 3 fully saturated rings. The molecule has 0 radical (unpaired) electrons. The Morgan fingerprint density at radius 1 is 0.836 bits per heavy atom. The van der Waals surface area contributed by atoms with Crippen LogP contribution in [0.5, 0.6) is 17.2 Å². The fraction of sp³-hybridized carbons (Fsp3) is 0.444. The second-order valence-corrected chi connectivity index (χ2v) is 15.7. The maximum Gasteiger partial charge on any atom is 0.320 e. The zero-order chi connectivity index (χ0) is 38.3. The van der Waals surface area contributed by atoms with Gasteiger partial charge >= 0.3 is 5.97 Å². The van der Waals surface area contributed by atoms with Gasteiger partial charge in [-0.1, -0.05) is 54.8 Å². The zero-order valence-corrected chi connectivity index (χ0v) is 32.7. The number of fused-ring (bicyclic) bond motifs is 1. The molecule has 4 aromatic rings. The van der Waals surface area contributed by atoms with E-state index in [2.05, 4.69) is 66.2 Å². The predicted octanol–water partition coefficient (Wildman–Crippen LogP) is 9.13. The van der Waals surface area contributed by atoms with E-state index in [9.17, 15) is 15.2 Å². The molecule has 0 unspecified atom stereocenters. The number of nitriles is 1. The summed E-state index contributed by atoms with van der Waals surface area (Å²) in [5.74, 6) is 1.70. The predicted molar refractivity (Wildman–Crippen MR) is 214 cm³/mol. The molecule has 0 saturated carbocycles. The number of hydrogen-bond donors (Lipinski definition) is 1. The number of carbonyl (C=O) groups is 1. The first-order valence-corrected chi connectivity index (χ1v) is 20.1. The quantitative estimate of drug-likeness (QED) is 0.143. The summed E-state index contributed by atoms with van der Waals surface area (Å²) < 4.78 is 19.4. The zero-order valence-electron chi connectivity index (χ0n) is 31.9. The molecule has 9 nitrogen and oxygen atoms in total. The van der Waals surface area contributed by atoms with Gasteiger partial charge in [0.15, 0.2) is 0 Å². The Morgan fingerprint density at radius 3 is 2.44 bits per heavy atom. The Balaban J connectivity index is 1.09. The number of rotatable bonds is 13. The Morgan fingerprint density at radius 2 is 1.60 bits per heavy atom. The molecule has 3 aromatic carbocycles. The molecule has 0 aliphatic carbocycles. The third-order valence-electron chi connectivity index (χ3n) is 11.8. The fourth-order valence-corrected chi connectivity index (χ4v) is 8.97. The molecule has 0 amide bonds. The SMILES string of the molecule is Cc1c(COc2cc(OCc3cncc(C#N)c3)c(CN3CCCC[C@H]3C(=O)O)cc2Cl)cccc1-c1cccc(OC[C@@H]2CCCN3CCCC[C@H]23)c1C. The number of carboxylic acid groups (broad SMARTS) is 1. The van der Waals surface area contributed by atoms with Gasteiger partial charge in [0.25, 0.3) is 0 Å². The molecule has 7 rings (SSSR count). The number of nitrogens with zero attached hydrogens (tertiary/aromatic N) is 4. The molecule has 3 saturated heterocycles. The van der Waals surface area contributed by atoms with Crippen LogP contribution in [0.2, 0.25) is 5.02 Å². The monoisotopic (exact) mass is 762 g/mol. The van der Waals surface area contributed by atoms with Crippen LogP contribution in [0, 0.1) is 31.1 Å². The number of pyridine rings is 1. The molecule has 3 aliphatic rings. The number of piperidine rings is 3. The summed E-state index contributed by atoms with van der Waals surface area (Å²) in [5, 5.41) is 19.7. The van der Waals surface area contributed by atoms with E-state index in [-0.39, 0.29) is 13.2 Å². The number of likely N-dealkylation sites (tertiary alicyclic amines) is 1. The van der Waals surface area contributed by atoms with Crippen molar-refractivity contribution < 1.29 is 24.1 Å². The normalized spacial score (nSPS) is 20.3. The Bertz CT molecular complexity index is 2030. The van der Waals surface area contributed by atoms with Crippen molar-refractivity contribution in [3.63, 3.8) is 0 Å². The van der Waals surface area contributed by atoms with Crippen LogP contribution in [0.25, 0.3) is 11.1 Å². The van der Waals surface area contributed by atoms with Gasteiger partial charge in [-0.3, -0.25) is 19.6 Å². The second-order valence-electron chi connectivity index (χ2n) is 15.3. The Hall–Kier alpha value is -4.62. The molecule has 3 aliphatic heterocycles. The molecular formula is C45H51ClN4O5. The van der Waals surface area contributed by atoms with Crippen molar-refractivity contribution in [1.82, 2.24) is 14.8 Å². The van der Waals surface area contributed by atoms with Crippen LogP contribution >= 0.6 is 11.6 Å². The smallest absolute Gasteiger partial charge is 0.320 e. The molecule has 0 spiro atoms. The number of carboxylic acids is 1. The number of aliphatic carboxylic acids is 1. The average molecular weight is 763 g/mol. The summed E-state index contributed by atoms with van der Waals surface area (Å²) in [6.07, 6.45) is 12.0. The lowest BCUT2D eigenvalue weighted by Gasteiger charge is -2.44. The summed E-state index contributed by atoms with van der Waals surface area (Å²) in [6, 6.07) is 20.2. The highest BCUT2D eigenvalue weighted by molar-refractivity contribution is 6.32. The van der Waals surface area contributed by atoms with E-state index in [0.717, 1.165) is 64.1 Å². The number of ether oxygens (including phenoxy) is 3. The standard InChI is InChI=1S/C45H51ClN4O5/c1-30-34(10-7-12-37(30)38-13-8-16-42(31(38)2)54-29-35-11-9-19-49-17-5-3-14-40(35)49)28-55-44-22-43(53-27-33-20-32(23-47)24-48-25-33)36(21-39(44)46)26-50-18-6-4-15-41(50)45(51)52/h7-8,10,12-13,16,20-22,24-25,35,40-41H,3-6,9,11,14-15,17-19,26-29H2,1-2H3,(H,51,52)/t35-,40+,41-/m0/s1. The lowest BCUT2D eigenvalue weighted by molar-refractivity contribution is -0.144. The molecule has 10 heteroatoms.